The Morgan fingerprint density at radius 1 is 1.44 bits per heavy atom. The van der Waals surface area contributed by atoms with Gasteiger partial charge in [-0.2, -0.15) is 0 Å². The van der Waals surface area contributed by atoms with Crippen molar-refractivity contribution in [2.75, 3.05) is 0 Å². The van der Waals surface area contributed by atoms with Gasteiger partial charge in [0.15, 0.2) is 0 Å². The van der Waals surface area contributed by atoms with Crippen molar-refractivity contribution in [3.63, 3.8) is 0 Å². The monoisotopic (exact) mass is 136 g/mol. The lowest BCUT2D eigenvalue weighted by Crippen LogP contribution is -2.28. The molecular formula is C6H10F2O. The van der Waals surface area contributed by atoms with Crippen molar-refractivity contribution < 1.29 is 13.9 Å². The predicted octanol–water partition coefficient (Wildman–Crippen LogP) is 1.56. The van der Waals surface area contributed by atoms with Gasteiger partial charge < -0.3 is 5.11 Å². The first-order chi connectivity index (χ1) is 4.10. The summed E-state index contributed by atoms with van der Waals surface area (Å²) in [7, 11) is 0. The highest BCUT2D eigenvalue weighted by molar-refractivity contribution is 4.77. The lowest BCUT2D eigenvalue weighted by Gasteiger charge is -2.24. The van der Waals surface area contributed by atoms with Crippen LogP contribution in [0, 0.1) is 0 Å². The molecule has 0 bridgehead atoms. The van der Waals surface area contributed by atoms with E-state index in [1.54, 1.807) is 0 Å². The highest BCUT2D eigenvalue weighted by Gasteiger charge is 2.35. The Morgan fingerprint density at radius 3 is 2.44 bits per heavy atom. The first kappa shape index (κ1) is 6.93. The fraction of sp³-hybridized carbons (Fsp3) is 1.00. The average Bonchev–Trinajstić information content (AvgIpc) is 1.60. The molecule has 0 aliphatic heterocycles. The summed E-state index contributed by atoms with van der Waals surface area (Å²) in [6, 6.07) is 0. The van der Waals surface area contributed by atoms with Crippen LogP contribution in [0.2, 0.25) is 0 Å². The van der Waals surface area contributed by atoms with Crippen molar-refractivity contribution in [2.45, 2.75) is 37.7 Å². The first-order valence-electron chi connectivity index (χ1n) is 3.16. The van der Waals surface area contributed by atoms with Gasteiger partial charge in [0.2, 0.25) is 0 Å². The molecule has 0 radical (unpaired) electrons. The molecule has 0 aromatic heterocycles. The molecule has 0 heterocycles. The van der Waals surface area contributed by atoms with E-state index in [4.69, 9.17) is 5.11 Å². The number of aliphatic hydroxyl groups excluding tert-OH is 1. The molecule has 9 heavy (non-hydrogen) atoms. The third-order valence-electron chi connectivity index (χ3n) is 1.61. The second-order valence-corrected chi connectivity index (χ2v) is 2.61. The van der Waals surface area contributed by atoms with E-state index < -0.39 is 12.0 Å². The van der Waals surface area contributed by atoms with Gasteiger partial charge in [-0.05, 0) is 12.8 Å². The number of rotatable bonds is 0. The minimum Gasteiger partial charge on any atom is -0.393 e. The van der Waals surface area contributed by atoms with Crippen LogP contribution in [0.5, 0.6) is 0 Å². The standard InChI is InChI=1S/C6H10F2O/c7-6(8)3-1-2-5(9)4-6/h5,9H,1-4H2/t5-/m1/s1. The molecule has 0 spiro atoms. The van der Waals surface area contributed by atoms with E-state index in [1.165, 1.54) is 0 Å². The molecule has 0 aromatic carbocycles. The molecule has 1 aliphatic rings. The van der Waals surface area contributed by atoms with Crippen molar-refractivity contribution in [1.82, 2.24) is 0 Å². The maximum atomic E-state index is 12.3. The van der Waals surface area contributed by atoms with E-state index in [2.05, 4.69) is 0 Å². The predicted molar refractivity (Wildman–Crippen MR) is 29.4 cm³/mol. The lowest BCUT2D eigenvalue weighted by atomic mass is 9.94. The van der Waals surface area contributed by atoms with Gasteiger partial charge in [0, 0.05) is 12.8 Å². The molecule has 0 unspecified atom stereocenters. The second-order valence-electron chi connectivity index (χ2n) is 2.61. The van der Waals surface area contributed by atoms with E-state index in [0.29, 0.717) is 12.8 Å². The number of aliphatic hydroxyl groups is 1. The van der Waals surface area contributed by atoms with E-state index >= 15 is 0 Å². The molecule has 1 atom stereocenters. The molecule has 0 saturated heterocycles. The van der Waals surface area contributed by atoms with Gasteiger partial charge in [-0.15, -0.1) is 0 Å². The summed E-state index contributed by atoms with van der Waals surface area (Å²) in [5, 5.41) is 8.76. The molecule has 1 saturated carbocycles. The van der Waals surface area contributed by atoms with Crippen LogP contribution < -0.4 is 0 Å². The highest BCUT2D eigenvalue weighted by atomic mass is 19.3. The molecule has 1 aliphatic carbocycles. The zero-order chi connectivity index (χ0) is 6.91. The molecule has 0 aromatic rings. The van der Waals surface area contributed by atoms with Gasteiger partial charge in [-0.3, -0.25) is 0 Å². The number of hydrogen-bond donors (Lipinski definition) is 1. The van der Waals surface area contributed by atoms with Crippen molar-refractivity contribution >= 4 is 0 Å². The van der Waals surface area contributed by atoms with Crippen LogP contribution in [0.25, 0.3) is 0 Å². The van der Waals surface area contributed by atoms with Gasteiger partial charge in [-0.25, -0.2) is 8.78 Å². The molecular weight excluding hydrogens is 126 g/mol. The number of halogens is 2. The Morgan fingerprint density at radius 2 is 2.11 bits per heavy atom. The van der Waals surface area contributed by atoms with Crippen molar-refractivity contribution in [1.29, 1.82) is 0 Å². The maximum Gasteiger partial charge on any atom is 0.250 e. The summed E-state index contributed by atoms with van der Waals surface area (Å²) in [6.45, 7) is 0. The minimum atomic E-state index is -2.60. The van der Waals surface area contributed by atoms with Crippen LogP contribution in [0.4, 0.5) is 8.78 Å². The Balaban J connectivity index is 2.41. The van der Waals surface area contributed by atoms with Crippen LogP contribution in [-0.4, -0.2) is 17.1 Å². The summed E-state index contributed by atoms with van der Waals surface area (Å²) in [6.07, 6.45) is -0.172. The Kier molecular flexibility index (Phi) is 1.70. The molecule has 1 rings (SSSR count). The smallest absolute Gasteiger partial charge is 0.250 e. The largest absolute Gasteiger partial charge is 0.393 e. The summed E-state index contributed by atoms with van der Waals surface area (Å²) < 4.78 is 24.6. The van der Waals surface area contributed by atoms with Gasteiger partial charge in [0.1, 0.15) is 0 Å². The SMILES string of the molecule is O[C@@H]1CCCC(F)(F)C1. The van der Waals surface area contributed by atoms with Gasteiger partial charge in [0.25, 0.3) is 5.92 Å². The summed E-state index contributed by atoms with van der Waals surface area (Å²) >= 11 is 0. The number of hydrogen-bond acceptors (Lipinski definition) is 1. The minimum absolute atomic E-state index is 0.0515. The fourth-order valence-electron chi connectivity index (χ4n) is 1.15. The Labute approximate surface area is 52.7 Å². The zero-order valence-electron chi connectivity index (χ0n) is 5.11. The van der Waals surface area contributed by atoms with Crippen LogP contribution >= 0.6 is 0 Å². The normalized spacial score (nSPS) is 34.3. The third kappa shape index (κ3) is 1.90. The quantitative estimate of drug-likeness (QED) is 0.535. The molecule has 1 fully saturated rings. The lowest BCUT2D eigenvalue weighted by molar-refractivity contribution is -0.0757. The van der Waals surface area contributed by atoms with Crippen LogP contribution in [-0.2, 0) is 0 Å². The van der Waals surface area contributed by atoms with Gasteiger partial charge in [-0.1, -0.05) is 0 Å². The molecule has 54 valence electrons. The van der Waals surface area contributed by atoms with E-state index in [0.717, 1.165) is 0 Å². The van der Waals surface area contributed by atoms with Crippen molar-refractivity contribution in [3.05, 3.63) is 0 Å². The Hall–Kier alpha value is -0.180. The fourth-order valence-corrected chi connectivity index (χ4v) is 1.15. The zero-order valence-corrected chi connectivity index (χ0v) is 5.11. The van der Waals surface area contributed by atoms with Crippen molar-refractivity contribution in [2.24, 2.45) is 0 Å². The summed E-state index contributed by atoms with van der Waals surface area (Å²) in [4.78, 5) is 0. The molecule has 3 heteroatoms. The van der Waals surface area contributed by atoms with E-state index in [-0.39, 0.29) is 12.8 Å². The second kappa shape index (κ2) is 2.21. The highest BCUT2D eigenvalue weighted by Crippen LogP contribution is 2.32. The van der Waals surface area contributed by atoms with E-state index in [9.17, 15) is 8.78 Å². The van der Waals surface area contributed by atoms with Gasteiger partial charge >= 0.3 is 0 Å². The summed E-state index contributed by atoms with van der Waals surface area (Å²) in [5.74, 6) is -2.60. The molecule has 0 amide bonds. The van der Waals surface area contributed by atoms with Crippen LogP contribution in [0.1, 0.15) is 25.7 Å². The van der Waals surface area contributed by atoms with Crippen LogP contribution in [0.15, 0.2) is 0 Å². The van der Waals surface area contributed by atoms with Crippen molar-refractivity contribution in [3.8, 4) is 0 Å². The Bertz CT molecular complexity index is 103. The topological polar surface area (TPSA) is 20.2 Å². The molecule has 1 nitrogen and oxygen atoms in total. The van der Waals surface area contributed by atoms with Gasteiger partial charge in [0.05, 0.1) is 6.10 Å². The maximum absolute atomic E-state index is 12.3. The third-order valence-corrected chi connectivity index (χ3v) is 1.61. The first-order valence-corrected chi connectivity index (χ1v) is 3.16. The molecule has 1 N–H and O–H groups in total. The van der Waals surface area contributed by atoms with Crippen LogP contribution in [0.3, 0.4) is 0 Å². The average molecular weight is 136 g/mol. The summed E-state index contributed by atoms with van der Waals surface area (Å²) in [5.41, 5.74) is 0. The van der Waals surface area contributed by atoms with E-state index in [1.807, 2.05) is 0 Å². The number of alkyl halides is 2.